The predicted molar refractivity (Wildman–Crippen MR) is 98.2 cm³/mol. The molecule has 0 radical (unpaired) electrons. The fourth-order valence-corrected chi connectivity index (χ4v) is 3.80. The van der Waals surface area contributed by atoms with Crippen LogP contribution in [0.3, 0.4) is 0 Å². The van der Waals surface area contributed by atoms with Crippen molar-refractivity contribution in [2.24, 2.45) is 0 Å². The number of aromatic nitrogens is 4. The Bertz CT molecular complexity index is 991. The van der Waals surface area contributed by atoms with Gasteiger partial charge in [0.05, 0.1) is 29.1 Å². The molecule has 26 heavy (non-hydrogen) atoms. The Balaban J connectivity index is 1.27. The number of fused-ring (bicyclic) bond motifs is 2. The van der Waals surface area contributed by atoms with Gasteiger partial charge in [0, 0.05) is 25.7 Å². The molecule has 1 saturated heterocycles. The molecule has 3 heterocycles. The summed E-state index contributed by atoms with van der Waals surface area (Å²) in [6.07, 6.45) is 4.96. The van der Waals surface area contributed by atoms with Crippen LogP contribution in [-0.4, -0.2) is 57.2 Å². The number of likely N-dealkylation sites (N-methyl/N-ethyl adjacent to an activating group) is 1. The molecule has 1 aliphatic carbocycles. The van der Waals surface area contributed by atoms with Gasteiger partial charge in [0.25, 0.3) is 5.91 Å². The zero-order valence-electron chi connectivity index (χ0n) is 14.6. The molecule has 7 heteroatoms. The Morgan fingerprint density at radius 1 is 1.23 bits per heavy atom. The van der Waals surface area contributed by atoms with Crippen molar-refractivity contribution >= 4 is 22.8 Å². The summed E-state index contributed by atoms with van der Waals surface area (Å²) in [7, 11) is 1.87. The van der Waals surface area contributed by atoms with E-state index < -0.39 is 0 Å². The molecular weight excluding hydrogens is 328 g/mol. The second kappa shape index (κ2) is 5.79. The second-order valence-corrected chi connectivity index (χ2v) is 7.14. The molecule has 5 rings (SSSR count). The van der Waals surface area contributed by atoms with Gasteiger partial charge in [-0.2, -0.15) is 5.10 Å². The zero-order valence-corrected chi connectivity index (χ0v) is 14.6. The minimum Gasteiger partial charge on any atom is -0.351 e. The van der Waals surface area contributed by atoms with Crippen LogP contribution in [0.5, 0.6) is 0 Å². The number of H-pyrrole nitrogens is 1. The summed E-state index contributed by atoms with van der Waals surface area (Å²) < 4.78 is 0. The first-order valence-corrected chi connectivity index (χ1v) is 9.00. The van der Waals surface area contributed by atoms with E-state index in [1.807, 2.05) is 30.1 Å². The molecule has 0 unspecified atom stereocenters. The van der Waals surface area contributed by atoms with Crippen molar-refractivity contribution in [3.63, 3.8) is 0 Å². The zero-order chi connectivity index (χ0) is 17.7. The third-order valence-corrected chi connectivity index (χ3v) is 5.53. The fourth-order valence-electron chi connectivity index (χ4n) is 3.80. The fraction of sp³-hybridized carbons (Fsp3) is 0.368. The first-order valence-electron chi connectivity index (χ1n) is 9.00. The molecule has 3 aromatic rings. The highest BCUT2D eigenvalue weighted by molar-refractivity contribution is 5.97. The van der Waals surface area contributed by atoms with Crippen LogP contribution >= 0.6 is 0 Å². The monoisotopic (exact) mass is 348 g/mol. The average molecular weight is 348 g/mol. The summed E-state index contributed by atoms with van der Waals surface area (Å²) in [5.41, 5.74) is 4.91. The number of carbonyl (C=O) groups is 1. The van der Waals surface area contributed by atoms with E-state index in [0.29, 0.717) is 5.56 Å². The van der Waals surface area contributed by atoms with Crippen molar-refractivity contribution < 1.29 is 4.79 Å². The maximum absolute atomic E-state index is 12.8. The van der Waals surface area contributed by atoms with Crippen molar-refractivity contribution in [3.8, 4) is 0 Å². The predicted octanol–water partition coefficient (Wildman–Crippen LogP) is 1.80. The molecule has 132 valence electrons. The molecule has 1 N–H and O–H groups in total. The summed E-state index contributed by atoms with van der Waals surface area (Å²) in [6, 6.07) is 7.93. The van der Waals surface area contributed by atoms with Gasteiger partial charge in [0.15, 0.2) is 5.82 Å². The number of carbonyl (C=O) groups excluding carboxylic acids is 1. The van der Waals surface area contributed by atoms with E-state index in [9.17, 15) is 4.79 Å². The summed E-state index contributed by atoms with van der Waals surface area (Å²) in [5.74, 6) is 0.966. The number of aryl methyl sites for hydroxylation is 2. The SMILES string of the molecule is CN(C(=O)c1ccc2nc[nH]c2c1)C1CN(c2cc3c(nn2)CCC3)C1. The van der Waals surface area contributed by atoms with Crippen LogP contribution in [0.15, 0.2) is 30.6 Å². The Kier molecular flexibility index (Phi) is 3.41. The molecule has 0 bridgehead atoms. The van der Waals surface area contributed by atoms with E-state index >= 15 is 0 Å². The lowest BCUT2D eigenvalue weighted by Gasteiger charge is -2.44. The van der Waals surface area contributed by atoms with E-state index in [-0.39, 0.29) is 11.9 Å². The molecule has 1 fully saturated rings. The lowest BCUT2D eigenvalue weighted by atomic mass is 10.1. The van der Waals surface area contributed by atoms with E-state index in [1.54, 1.807) is 6.33 Å². The number of aromatic amines is 1. The topological polar surface area (TPSA) is 78.0 Å². The molecule has 0 spiro atoms. The Morgan fingerprint density at radius 3 is 3.00 bits per heavy atom. The van der Waals surface area contributed by atoms with E-state index in [0.717, 1.165) is 48.5 Å². The summed E-state index contributed by atoms with van der Waals surface area (Å²) in [4.78, 5) is 24.1. The number of benzene rings is 1. The average Bonchev–Trinajstić information content (AvgIpc) is 3.27. The normalized spacial score (nSPS) is 16.6. The number of amides is 1. The molecule has 0 saturated carbocycles. The number of anilines is 1. The number of nitrogens with zero attached hydrogens (tertiary/aromatic N) is 5. The smallest absolute Gasteiger partial charge is 0.254 e. The molecule has 7 nitrogen and oxygen atoms in total. The molecular formula is C19H20N6O. The minimum atomic E-state index is 0.0335. The third-order valence-electron chi connectivity index (χ3n) is 5.53. The lowest BCUT2D eigenvalue weighted by molar-refractivity contribution is 0.0705. The lowest BCUT2D eigenvalue weighted by Crippen LogP contribution is -2.60. The van der Waals surface area contributed by atoms with Crippen molar-refractivity contribution in [1.29, 1.82) is 0 Å². The number of hydrogen-bond acceptors (Lipinski definition) is 5. The van der Waals surface area contributed by atoms with E-state index in [2.05, 4.69) is 31.1 Å². The third kappa shape index (κ3) is 2.42. The van der Waals surface area contributed by atoms with Crippen LogP contribution in [0, 0.1) is 0 Å². The summed E-state index contributed by atoms with van der Waals surface area (Å²) >= 11 is 0. The highest BCUT2D eigenvalue weighted by Gasteiger charge is 2.34. The van der Waals surface area contributed by atoms with Crippen molar-refractivity contribution in [3.05, 3.63) is 47.4 Å². The Morgan fingerprint density at radius 2 is 2.12 bits per heavy atom. The summed E-state index contributed by atoms with van der Waals surface area (Å²) in [5, 5.41) is 8.72. The largest absolute Gasteiger partial charge is 0.351 e. The van der Waals surface area contributed by atoms with Gasteiger partial charge in [-0.05, 0) is 49.1 Å². The van der Waals surface area contributed by atoms with Gasteiger partial charge in [-0.25, -0.2) is 4.98 Å². The van der Waals surface area contributed by atoms with E-state index in [1.165, 1.54) is 12.0 Å². The minimum absolute atomic E-state index is 0.0335. The molecule has 0 atom stereocenters. The van der Waals surface area contributed by atoms with Gasteiger partial charge in [-0.1, -0.05) is 0 Å². The quantitative estimate of drug-likeness (QED) is 0.781. The van der Waals surface area contributed by atoms with Crippen LogP contribution in [0.25, 0.3) is 11.0 Å². The van der Waals surface area contributed by atoms with Gasteiger partial charge in [-0.3, -0.25) is 4.79 Å². The summed E-state index contributed by atoms with van der Waals surface area (Å²) in [6.45, 7) is 1.59. The number of nitrogens with one attached hydrogen (secondary N) is 1. The van der Waals surface area contributed by atoms with Crippen molar-refractivity contribution in [1.82, 2.24) is 25.1 Å². The van der Waals surface area contributed by atoms with Crippen LogP contribution in [0.1, 0.15) is 28.0 Å². The molecule has 2 aromatic heterocycles. The van der Waals surface area contributed by atoms with Gasteiger partial charge in [0.2, 0.25) is 0 Å². The molecule has 1 aromatic carbocycles. The standard InChI is InChI=1S/C19H20N6O/c1-24(19(26)13-5-6-16-17(7-13)21-11-20-16)14-9-25(10-14)18-8-12-3-2-4-15(12)22-23-18/h5-8,11,14H,2-4,9-10H2,1H3,(H,20,21). The number of imidazole rings is 1. The van der Waals surface area contributed by atoms with Crippen LogP contribution in [0.2, 0.25) is 0 Å². The molecule has 1 amide bonds. The van der Waals surface area contributed by atoms with E-state index in [4.69, 9.17) is 0 Å². The van der Waals surface area contributed by atoms with Crippen LogP contribution in [0.4, 0.5) is 5.82 Å². The highest BCUT2D eigenvalue weighted by atomic mass is 16.2. The van der Waals surface area contributed by atoms with Crippen LogP contribution in [-0.2, 0) is 12.8 Å². The number of rotatable bonds is 3. The molecule has 1 aliphatic heterocycles. The first-order chi connectivity index (χ1) is 12.7. The second-order valence-electron chi connectivity index (χ2n) is 7.14. The van der Waals surface area contributed by atoms with Gasteiger partial charge < -0.3 is 14.8 Å². The van der Waals surface area contributed by atoms with Gasteiger partial charge in [-0.15, -0.1) is 5.10 Å². The van der Waals surface area contributed by atoms with Crippen LogP contribution < -0.4 is 4.90 Å². The van der Waals surface area contributed by atoms with Crippen molar-refractivity contribution in [2.75, 3.05) is 25.0 Å². The maximum atomic E-state index is 12.8. The Labute approximate surface area is 151 Å². The molecule has 2 aliphatic rings. The van der Waals surface area contributed by atoms with Gasteiger partial charge in [0.1, 0.15) is 0 Å². The van der Waals surface area contributed by atoms with Crippen molar-refractivity contribution in [2.45, 2.75) is 25.3 Å². The Hall–Kier alpha value is -2.96. The highest BCUT2D eigenvalue weighted by Crippen LogP contribution is 2.27. The van der Waals surface area contributed by atoms with Gasteiger partial charge >= 0.3 is 0 Å². The number of hydrogen-bond donors (Lipinski definition) is 1. The maximum Gasteiger partial charge on any atom is 0.254 e. The first kappa shape index (κ1) is 15.3.